The van der Waals surface area contributed by atoms with Crippen LogP contribution in [0.5, 0.6) is 0 Å². The van der Waals surface area contributed by atoms with E-state index in [0.717, 1.165) is 22.5 Å². The van der Waals surface area contributed by atoms with Crippen LogP contribution in [0.25, 0.3) is 0 Å². The van der Waals surface area contributed by atoms with E-state index in [1.165, 1.54) is 31.2 Å². The molecule has 1 unspecified atom stereocenters. The van der Waals surface area contributed by atoms with Crippen molar-refractivity contribution in [3.63, 3.8) is 0 Å². The maximum Gasteiger partial charge on any atom is 0.0715 e. The molecule has 1 atom stereocenters. The Kier molecular flexibility index (Phi) is 5.07. The van der Waals surface area contributed by atoms with Crippen molar-refractivity contribution in [2.45, 2.75) is 45.1 Å². The second-order valence-corrected chi connectivity index (χ2v) is 6.24. The molecule has 0 spiro atoms. The maximum atomic E-state index is 10.0. The quantitative estimate of drug-likeness (QED) is 0.857. The number of hydrogen-bond acceptors (Lipinski definition) is 2. The van der Waals surface area contributed by atoms with E-state index in [4.69, 9.17) is 0 Å². The van der Waals surface area contributed by atoms with Gasteiger partial charge in [-0.2, -0.15) is 0 Å². The molecule has 0 bridgehead atoms. The molecule has 2 rings (SSSR count). The van der Waals surface area contributed by atoms with Crippen LogP contribution in [0.1, 0.15) is 37.7 Å². The number of halogens is 1. The standard InChI is InChI=1S/C15H22BrNO/c1-11-8-13(6-7-15(11)16)17-10-14(18)9-12-4-2-3-5-12/h6-8,12,14,17-18H,2-5,9-10H2,1H3. The summed E-state index contributed by atoms with van der Waals surface area (Å²) in [5.41, 5.74) is 2.30. The fraction of sp³-hybridized carbons (Fsp3) is 0.600. The third-order valence-electron chi connectivity index (χ3n) is 3.78. The predicted octanol–water partition coefficient (Wildman–Crippen LogP) is 4.11. The molecule has 0 aliphatic heterocycles. The van der Waals surface area contributed by atoms with Gasteiger partial charge in [0.25, 0.3) is 0 Å². The first kappa shape index (κ1) is 13.9. The lowest BCUT2D eigenvalue weighted by atomic mass is 10.00. The normalized spacial score (nSPS) is 17.9. The molecule has 1 aromatic carbocycles. The zero-order valence-corrected chi connectivity index (χ0v) is 12.5. The van der Waals surface area contributed by atoms with Crippen molar-refractivity contribution in [2.24, 2.45) is 5.92 Å². The Morgan fingerprint density at radius 3 is 2.78 bits per heavy atom. The first-order chi connectivity index (χ1) is 8.65. The average molecular weight is 312 g/mol. The van der Waals surface area contributed by atoms with Gasteiger partial charge >= 0.3 is 0 Å². The van der Waals surface area contributed by atoms with E-state index in [-0.39, 0.29) is 6.10 Å². The fourth-order valence-electron chi connectivity index (χ4n) is 2.70. The van der Waals surface area contributed by atoms with Crippen molar-refractivity contribution in [1.82, 2.24) is 0 Å². The van der Waals surface area contributed by atoms with Crippen LogP contribution in [0, 0.1) is 12.8 Å². The Hall–Kier alpha value is -0.540. The summed E-state index contributed by atoms with van der Waals surface area (Å²) < 4.78 is 1.12. The van der Waals surface area contributed by atoms with E-state index in [9.17, 15) is 5.11 Å². The van der Waals surface area contributed by atoms with Crippen LogP contribution in [-0.2, 0) is 0 Å². The third kappa shape index (κ3) is 3.99. The van der Waals surface area contributed by atoms with E-state index >= 15 is 0 Å². The first-order valence-electron chi connectivity index (χ1n) is 6.83. The van der Waals surface area contributed by atoms with Crippen LogP contribution in [0.3, 0.4) is 0 Å². The number of hydrogen-bond donors (Lipinski definition) is 2. The minimum Gasteiger partial charge on any atom is -0.391 e. The Labute approximate surface area is 118 Å². The summed E-state index contributed by atoms with van der Waals surface area (Å²) in [5, 5.41) is 13.3. The summed E-state index contributed by atoms with van der Waals surface area (Å²) in [5.74, 6) is 0.744. The van der Waals surface area contributed by atoms with Crippen molar-refractivity contribution in [1.29, 1.82) is 0 Å². The highest BCUT2D eigenvalue weighted by atomic mass is 79.9. The largest absolute Gasteiger partial charge is 0.391 e. The minimum atomic E-state index is -0.225. The molecule has 2 N–H and O–H groups in total. The summed E-state index contributed by atoms with van der Waals surface area (Å²) in [6.07, 6.45) is 6.01. The SMILES string of the molecule is Cc1cc(NCC(O)CC2CCCC2)ccc1Br. The van der Waals surface area contributed by atoms with E-state index < -0.39 is 0 Å². The number of benzene rings is 1. The fourth-order valence-corrected chi connectivity index (χ4v) is 2.95. The number of rotatable bonds is 5. The number of aliphatic hydroxyl groups excluding tert-OH is 1. The Morgan fingerprint density at radius 1 is 1.39 bits per heavy atom. The van der Waals surface area contributed by atoms with E-state index in [1.54, 1.807) is 0 Å². The lowest BCUT2D eigenvalue weighted by Gasteiger charge is -2.17. The van der Waals surface area contributed by atoms with Crippen LogP contribution in [0.15, 0.2) is 22.7 Å². The molecule has 100 valence electrons. The highest BCUT2D eigenvalue weighted by Crippen LogP contribution is 2.28. The number of aryl methyl sites for hydroxylation is 1. The van der Waals surface area contributed by atoms with Crippen molar-refractivity contribution in [2.75, 3.05) is 11.9 Å². The van der Waals surface area contributed by atoms with Crippen LogP contribution in [-0.4, -0.2) is 17.8 Å². The molecule has 3 heteroatoms. The van der Waals surface area contributed by atoms with E-state index in [1.807, 2.05) is 12.1 Å². The van der Waals surface area contributed by atoms with Crippen LogP contribution in [0.2, 0.25) is 0 Å². The molecule has 0 radical (unpaired) electrons. The summed E-state index contributed by atoms with van der Waals surface area (Å²) in [6, 6.07) is 6.19. The molecule has 2 nitrogen and oxygen atoms in total. The topological polar surface area (TPSA) is 32.3 Å². The monoisotopic (exact) mass is 311 g/mol. The zero-order chi connectivity index (χ0) is 13.0. The van der Waals surface area contributed by atoms with Crippen LogP contribution < -0.4 is 5.32 Å². The van der Waals surface area contributed by atoms with Gasteiger partial charge < -0.3 is 10.4 Å². The summed E-state index contributed by atoms with van der Waals surface area (Å²) in [6.45, 7) is 2.72. The summed E-state index contributed by atoms with van der Waals surface area (Å²) in [7, 11) is 0. The summed E-state index contributed by atoms with van der Waals surface area (Å²) >= 11 is 3.49. The van der Waals surface area contributed by atoms with Crippen molar-refractivity contribution in [3.8, 4) is 0 Å². The van der Waals surface area contributed by atoms with Gasteiger partial charge in [-0.15, -0.1) is 0 Å². The predicted molar refractivity (Wildman–Crippen MR) is 80.0 cm³/mol. The van der Waals surface area contributed by atoms with Gasteiger partial charge in [-0.25, -0.2) is 0 Å². The lowest BCUT2D eigenvalue weighted by Crippen LogP contribution is -2.22. The van der Waals surface area contributed by atoms with E-state index in [2.05, 4.69) is 34.2 Å². The Balaban J connectivity index is 1.77. The van der Waals surface area contributed by atoms with Gasteiger partial charge in [0.2, 0.25) is 0 Å². The van der Waals surface area contributed by atoms with Crippen LogP contribution in [0.4, 0.5) is 5.69 Å². The molecule has 1 fully saturated rings. The molecule has 0 heterocycles. The number of nitrogens with one attached hydrogen (secondary N) is 1. The van der Waals surface area contributed by atoms with Gasteiger partial charge in [-0.05, 0) is 43.0 Å². The molecule has 0 aromatic heterocycles. The van der Waals surface area contributed by atoms with Crippen LogP contribution >= 0.6 is 15.9 Å². The second kappa shape index (κ2) is 6.58. The average Bonchev–Trinajstić information content (AvgIpc) is 2.83. The third-order valence-corrected chi connectivity index (χ3v) is 4.67. The van der Waals surface area contributed by atoms with Crippen molar-refractivity contribution < 1.29 is 5.11 Å². The van der Waals surface area contributed by atoms with Gasteiger partial charge in [-0.3, -0.25) is 0 Å². The molecular weight excluding hydrogens is 290 g/mol. The van der Waals surface area contributed by atoms with Crippen molar-refractivity contribution in [3.05, 3.63) is 28.2 Å². The molecule has 18 heavy (non-hydrogen) atoms. The summed E-state index contributed by atoms with van der Waals surface area (Å²) in [4.78, 5) is 0. The molecule has 1 saturated carbocycles. The van der Waals surface area contributed by atoms with E-state index in [0.29, 0.717) is 6.54 Å². The molecule has 1 aliphatic carbocycles. The molecule has 1 aromatic rings. The zero-order valence-electron chi connectivity index (χ0n) is 11.0. The minimum absolute atomic E-state index is 0.225. The maximum absolute atomic E-state index is 10.0. The van der Waals surface area contributed by atoms with Gasteiger partial charge in [0.05, 0.1) is 6.10 Å². The van der Waals surface area contributed by atoms with Gasteiger partial charge in [-0.1, -0.05) is 41.6 Å². The Bertz CT molecular complexity index is 388. The molecule has 0 saturated heterocycles. The smallest absolute Gasteiger partial charge is 0.0715 e. The number of anilines is 1. The van der Waals surface area contributed by atoms with Crippen molar-refractivity contribution >= 4 is 21.6 Å². The Morgan fingerprint density at radius 2 is 2.11 bits per heavy atom. The number of aliphatic hydroxyl groups is 1. The first-order valence-corrected chi connectivity index (χ1v) is 7.62. The molecule has 0 amide bonds. The molecular formula is C15H22BrNO. The highest BCUT2D eigenvalue weighted by molar-refractivity contribution is 9.10. The molecule has 1 aliphatic rings. The van der Waals surface area contributed by atoms with Gasteiger partial charge in [0, 0.05) is 16.7 Å². The lowest BCUT2D eigenvalue weighted by molar-refractivity contribution is 0.155. The van der Waals surface area contributed by atoms with Gasteiger partial charge in [0.1, 0.15) is 0 Å². The highest BCUT2D eigenvalue weighted by Gasteiger charge is 2.18. The van der Waals surface area contributed by atoms with Gasteiger partial charge in [0.15, 0.2) is 0 Å². The second-order valence-electron chi connectivity index (χ2n) is 5.38.